The largest absolute Gasteiger partial charge is 0.375 e. The van der Waals surface area contributed by atoms with Crippen LogP contribution in [-0.2, 0) is 10.0 Å². The van der Waals surface area contributed by atoms with E-state index in [1.54, 1.807) is 13.8 Å². The van der Waals surface area contributed by atoms with Crippen LogP contribution in [0, 0.1) is 0 Å². The van der Waals surface area contributed by atoms with E-state index in [1.807, 2.05) is 0 Å². The highest BCUT2D eigenvalue weighted by Crippen LogP contribution is 2.32. The van der Waals surface area contributed by atoms with Gasteiger partial charge in [-0.3, -0.25) is 0 Å². The van der Waals surface area contributed by atoms with Gasteiger partial charge >= 0.3 is 0 Å². The molecule has 0 aliphatic heterocycles. The molecule has 0 radical (unpaired) electrons. The second-order valence-corrected chi connectivity index (χ2v) is 5.46. The first kappa shape index (κ1) is 8.96. The predicted octanol–water partition coefficient (Wildman–Crippen LogP) is -0.203. The lowest BCUT2D eigenvalue weighted by molar-refractivity contribution is 0.138. The van der Waals surface area contributed by atoms with Crippen LogP contribution in [0.4, 0.5) is 0 Å². The fraction of sp³-hybridized carbons (Fsp3) is 1.00. The minimum atomic E-state index is -3.29. The van der Waals surface area contributed by atoms with E-state index in [9.17, 15) is 13.5 Å². The van der Waals surface area contributed by atoms with Gasteiger partial charge in [0.15, 0.2) is 0 Å². The third kappa shape index (κ3) is 2.15. The maximum absolute atomic E-state index is 11.1. The van der Waals surface area contributed by atoms with E-state index < -0.39 is 21.0 Å². The van der Waals surface area contributed by atoms with Gasteiger partial charge in [-0.05, 0) is 26.7 Å². The van der Waals surface area contributed by atoms with Gasteiger partial charge in [-0.2, -0.15) is 4.72 Å². The van der Waals surface area contributed by atoms with Crippen LogP contribution in [0.25, 0.3) is 0 Å². The molecule has 1 aliphatic rings. The molecule has 1 aliphatic carbocycles. The van der Waals surface area contributed by atoms with Gasteiger partial charge in [-0.15, -0.1) is 0 Å². The Balaban J connectivity index is 2.61. The standard InChI is InChI=1S/C6H13NO3S/c1-5(2)11(9,10)7-6(8)3-4-6/h5,7-8H,3-4H2,1-2H3. The zero-order valence-electron chi connectivity index (χ0n) is 6.66. The average Bonchev–Trinajstić information content (AvgIpc) is 2.45. The smallest absolute Gasteiger partial charge is 0.216 e. The molecule has 0 aromatic heterocycles. The molecule has 66 valence electrons. The summed E-state index contributed by atoms with van der Waals surface area (Å²) in [5.41, 5.74) is -1.12. The van der Waals surface area contributed by atoms with Crippen molar-refractivity contribution in [2.45, 2.75) is 37.7 Å². The Morgan fingerprint density at radius 3 is 2.18 bits per heavy atom. The number of hydrogen-bond acceptors (Lipinski definition) is 3. The first-order valence-electron chi connectivity index (χ1n) is 3.61. The Labute approximate surface area is 66.7 Å². The maximum atomic E-state index is 11.1. The number of nitrogens with one attached hydrogen (secondary N) is 1. The lowest BCUT2D eigenvalue weighted by Gasteiger charge is -2.13. The summed E-state index contributed by atoms with van der Waals surface area (Å²) in [6.45, 7) is 3.15. The van der Waals surface area contributed by atoms with Gasteiger partial charge in [-0.25, -0.2) is 8.42 Å². The Bertz CT molecular complexity index is 241. The van der Waals surface area contributed by atoms with Crippen LogP contribution in [0.1, 0.15) is 26.7 Å². The van der Waals surface area contributed by atoms with Crippen LogP contribution in [0.3, 0.4) is 0 Å². The molecule has 0 bridgehead atoms. The van der Waals surface area contributed by atoms with E-state index >= 15 is 0 Å². The van der Waals surface area contributed by atoms with Crippen LogP contribution in [0.2, 0.25) is 0 Å². The highest BCUT2D eigenvalue weighted by Gasteiger charge is 2.44. The van der Waals surface area contributed by atoms with Crippen LogP contribution in [0.15, 0.2) is 0 Å². The van der Waals surface area contributed by atoms with Crippen molar-refractivity contribution in [2.24, 2.45) is 0 Å². The van der Waals surface area contributed by atoms with Crippen LogP contribution >= 0.6 is 0 Å². The summed E-state index contributed by atoms with van der Waals surface area (Å²) in [5.74, 6) is 0. The highest BCUT2D eigenvalue weighted by atomic mass is 32.2. The molecule has 4 nitrogen and oxygen atoms in total. The maximum Gasteiger partial charge on any atom is 0.216 e. The Kier molecular flexibility index (Phi) is 1.98. The van der Waals surface area contributed by atoms with Crippen molar-refractivity contribution in [3.05, 3.63) is 0 Å². The van der Waals surface area contributed by atoms with Crippen LogP contribution in [0.5, 0.6) is 0 Å². The highest BCUT2D eigenvalue weighted by molar-refractivity contribution is 7.90. The molecule has 0 aromatic carbocycles. The normalized spacial score (nSPS) is 22.2. The molecule has 0 spiro atoms. The third-order valence-corrected chi connectivity index (χ3v) is 3.58. The molecule has 1 fully saturated rings. The molecule has 1 rings (SSSR count). The lowest BCUT2D eigenvalue weighted by Crippen LogP contribution is -2.40. The molecular formula is C6H13NO3S. The van der Waals surface area contributed by atoms with Crippen LogP contribution in [-0.4, -0.2) is 24.5 Å². The van der Waals surface area contributed by atoms with Crippen molar-refractivity contribution in [1.82, 2.24) is 4.72 Å². The number of rotatable bonds is 3. The molecule has 0 heterocycles. The van der Waals surface area contributed by atoms with Crippen molar-refractivity contribution >= 4 is 10.0 Å². The second-order valence-electron chi connectivity index (χ2n) is 3.23. The van der Waals surface area contributed by atoms with E-state index in [-0.39, 0.29) is 0 Å². The quantitative estimate of drug-likeness (QED) is 0.589. The van der Waals surface area contributed by atoms with Crippen molar-refractivity contribution in [2.75, 3.05) is 0 Å². The Morgan fingerprint density at radius 1 is 1.45 bits per heavy atom. The molecule has 5 heteroatoms. The average molecular weight is 179 g/mol. The molecule has 0 atom stereocenters. The summed E-state index contributed by atoms with van der Waals surface area (Å²) in [4.78, 5) is 0. The molecular weight excluding hydrogens is 166 g/mol. The molecule has 2 N–H and O–H groups in total. The predicted molar refractivity (Wildman–Crippen MR) is 41.4 cm³/mol. The fourth-order valence-electron chi connectivity index (χ4n) is 0.603. The van der Waals surface area contributed by atoms with Gasteiger partial charge in [0.05, 0.1) is 5.25 Å². The minimum absolute atomic E-state index is 0.480. The monoisotopic (exact) mass is 179 g/mol. The molecule has 0 aromatic rings. The summed E-state index contributed by atoms with van der Waals surface area (Å²) in [7, 11) is -3.29. The molecule has 0 saturated heterocycles. The summed E-state index contributed by atoms with van der Waals surface area (Å²) in [5, 5.41) is 8.74. The van der Waals surface area contributed by atoms with E-state index in [4.69, 9.17) is 0 Å². The molecule has 0 unspecified atom stereocenters. The summed E-state index contributed by atoms with van der Waals surface area (Å²) in [6, 6.07) is 0. The minimum Gasteiger partial charge on any atom is -0.375 e. The van der Waals surface area contributed by atoms with Crippen molar-refractivity contribution in [3.63, 3.8) is 0 Å². The number of aliphatic hydroxyl groups is 1. The van der Waals surface area contributed by atoms with E-state index in [0.717, 1.165) is 0 Å². The number of sulfonamides is 1. The van der Waals surface area contributed by atoms with E-state index in [0.29, 0.717) is 12.8 Å². The molecule has 1 saturated carbocycles. The van der Waals surface area contributed by atoms with E-state index in [2.05, 4.69) is 4.72 Å². The van der Waals surface area contributed by atoms with Gasteiger partial charge in [0.1, 0.15) is 5.72 Å². The zero-order chi connectivity index (χ0) is 8.70. The molecule has 0 amide bonds. The Morgan fingerprint density at radius 2 is 1.91 bits per heavy atom. The first-order valence-corrected chi connectivity index (χ1v) is 5.15. The van der Waals surface area contributed by atoms with Gasteiger partial charge in [0.2, 0.25) is 10.0 Å². The Hall–Kier alpha value is -0.130. The van der Waals surface area contributed by atoms with Gasteiger partial charge < -0.3 is 5.11 Å². The third-order valence-electron chi connectivity index (χ3n) is 1.68. The fourth-order valence-corrected chi connectivity index (χ4v) is 1.57. The van der Waals surface area contributed by atoms with Crippen molar-refractivity contribution in [1.29, 1.82) is 0 Å². The van der Waals surface area contributed by atoms with Gasteiger partial charge in [-0.1, -0.05) is 0 Å². The topological polar surface area (TPSA) is 66.4 Å². The van der Waals surface area contributed by atoms with E-state index in [1.165, 1.54) is 0 Å². The van der Waals surface area contributed by atoms with Crippen LogP contribution < -0.4 is 4.72 Å². The zero-order valence-corrected chi connectivity index (χ0v) is 7.48. The van der Waals surface area contributed by atoms with Crippen molar-refractivity contribution in [3.8, 4) is 0 Å². The summed E-state index contributed by atoms with van der Waals surface area (Å²) >= 11 is 0. The number of hydrogen-bond donors (Lipinski definition) is 2. The SMILES string of the molecule is CC(C)S(=O)(=O)NC1(O)CC1. The summed E-state index contributed by atoms with van der Waals surface area (Å²) < 4.78 is 24.5. The van der Waals surface area contributed by atoms with Gasteiger partial charge in [0.25, 0.3) is 0 Å². The molecule has 11 heavy (non-hydrogen) atoms. The van der Waals surface area contributed by atoms with Crippen molar-refractivity contribution < 1.29 is 13.5 Å². The second kappa shape index (κ2) is 2.43. The summed E-state index contributed by atoms with van der Waals surface area (Å²) in [6.07, 6.45) is 1.05. The van der Waals surface area contributed by atoms with Gasteiger partial charge in [0, 0.05) is 0 Å². The first-order chi connectivity index (χ1) is 4.86. The lowest BCUT2D eigenvalue weighted by atomic mass is 10.6.